The van der Waals surface area contributed by atoms with Crippen LogP contribution in [0.25, 0.3) is 5.76 Å². The molecule has 0 unspecified atom stereocenters. The number of nitrogens with one attached hydrogen (secondary N) is 1. The molecule has 0 spiro atoms. The Morgan fingerprint density at radius 2 is 2.14 bits per heavy atom. The number of furan rings is 1. The predicted octanol–water partition coefficient (Wildman–Crippen LogP) is 2.17. The Hall–Kier alpha value is -3.22. The van der Waals surface area contributed by atoms with Crippen LogP contribution in [0.15, 0.2) is 53.2 Å². The lowest BCUT2D eigenvalue weighted by Gasteiger charge is -1.96. The van der Waals surface area contributed by atoms with Gasteiger partial charge >= 0.3 is 0 Å². The number of H-pyrrole nitrogens is 1. The molecule has 0 aliphatic carbocycles. The number of benzene rings is 1. The summed E-state index contributed by atoms with van der Waals surface area (Å²) in [5.74, 6) is -0.127. The van der Waals surface area contributed by atoms with Crippen molar-refractivity contribution in [1.29, 1.82) is 0 Å². The molecular formula is C15H12N4O3. The highest BCUT2D eigenvalue weighted by molar-refractivity contribution is 6.07. The number of carbonyl (C=O) groups excluding carboxylic acids is 1. The van der Waals surface area contributed by atoms with Crippen LogP contribution < -0.4 is 0 Å². The quantitative estimate of drug-likeness (QED) is 0.424. The zero-order chi connectivity index (χ0) is 15.4. The fourth-order valence-electron chi connectivity index (χ4n) is 1.94. The molecule has 0 saturated heterocycles. The van der Waals surface area contributed by atoms with Gasteiger partial charge in [0, 0.05) is 12.5 Å². The van der Waals surface area contributed by atoms with E-state index in [-0.39, 0.29) is 11.6 Å². The van der Waals surface area contributed by atoms with Gasteiger partial charge in [-0.3, -0.25) is 4.79 Å². The molecule has 22 heavy (non-hydrogen) atoms. The molecule has 7 heteroatoms. The number of ketones is 1. The second-order valence-electron chi connectivity index (χ2n) is 4.59. The van der Waals surface area contributed by atoms with Gasteiger partial charge in [0.1, 0.15) is 12.0 Å². The van der Waals surface area contributed by atoms with Crippen LogP contribution in [-0.2, 0) is 6.42 Å². The van der Waals surface area contributed by atoms with E-state index >= 15 is 0 Å². The highest BCUT2D eigenvalue weighted by Gasteiger charge is 2.12. The zero-order valence-corrected chi connectivity index (χ0v) is 11.4. The van der Waals surface area contributed by atoms with E-state index < -0.39 is 5.78 Å². The van der Waals surface area contributed by atoms with E-state index in [9.17, 15) is 9.90 Å². The number of carbonyl (C=O) groups is 1. The Kier molecular flexibility index (Phi) is 3.78. The number of hydrogen-bond acceptors (Lipinski definition) is 6. The average Bonchev–Trinajstić information content (AvgIpc) is 3.19. The Morgan fingerprint density at radius 1 is 1.32 bits per heavy atom. The van der Waals surface area contributed by atoms with Crippen LogP contribution in [0.4, 0.5) is 0 Å². The average molecular weight is 296 g/mol. The number of aromatic amines is 1. The number of aliphatic hydroxyl groups excluding tert-OH is 1. The van der Waals surface area contributed by atoms with Crippen molar-refractivity contribution in [2.45, 2.75) is 6.42 Å². The summed E-state index contributed by atoms with van der Waals surface area (Å²) < 4.78 is 5.38. The van der Waals surface area contributed by atoms with E-state index in [0.29, 0.717) is 17.7 Å². The largest absolute Gasteiger partial charge is 0.504 e. The van der Waals surface area contributed by atoms with Crippen molar-refractivity contribution in [1.82, 2.24) is 20.6 Å². The summed E-state index contributed by atoms with van der Waals surface area (Å²) in [7, 11) is 0. The molecule has 0 atom stereocenters. The van der Waals surface area contributed by atoms with Gasteiger partial charge in [-0.1, -0.05) is 30.3 Å². The number of tetrazole rings is 1. The maximum absolute atomic E-state index is 12.0. The molecule has 3 aromatic rings. The van der Waals surface area contributed by atoms with E-state index in [4.69, 9.17) is 4.42 Å². The lowest BCUT2D eigenvalue weighted by atomic mass is 10.1. The molecular weight excluding hydrogens is 284 g/mol. The van der Waals surface area contributed by atoms with Crippen LogP contribution in [0, 0.1) is 0 Å². The van der Waals surface area contributed by atoms with Gasteiger partial charge in [0.25, 0.3) is 0 Å². The molecule has 0 aliphatic heterocycles. The normalized spacial score (nSPS) is 11.5. The Morgan fingerprint density at radius 3 is 2.86 bits per heavy atom. The zero-order valence-electron chi connectivity index (χ0n) is 11.4. The number of hydrogen-bond donors (Lipinski definition) is 2. The molecule has 3 rings (SSSR count). The first-order chi connectivity index (χ1) is 10.7. The van der Waals surface area contributed by atoms with Gasteiger partial charge in [0.2, 0.25) is 5.82 Å². The van der Waals surface area contributed by atoms with Crippen LogP contribution in [0.5, 0.6) is 0 Å². The number of aromatic nitrogens is 4. The summed E-state index contributed by atoms with van der Waals surface area (Å²) in [5.41, 5.74) is 1.43. The summed E-state index contributed by atoms with van der Waals surface area (Å²) in [6, 6.07) is 11.4. The van der Waals surface area contributed by atoms with Gasteiger partial charge in [0.15, 0.2) is 11.5 Å². The fraction of sp³-hybridized carbons (Fsp3) is 0.0667. The summed E-state index contributed by atoms with van der Waals surface area (Å²) >= 11 is 0. The molecule has 2 N–H and O–H groups in total. The van der Waals surface area contributed by atoms with E-state index in [1.54, 1.807) is 6.07 Å². The summed E-state index contributed by atoms with van der Waals surface area (Å²) in [5, 5.41) is 22.4. The number of aliphatic hydroxyl groups is 1. The highest BCUT2D eigenvalue weighted by atomic mass is 16.3. The van der Waals surface area contributed by atoms with E-state index in [2.05, 4.69) is 20.6 Å². The minimum absolute atomic E-state index is 0.0404. The van der Waals surface area contributed by atoms with Crippen molar-refractivity contribution in [3.05, 3.63) is 71.4 Å². The first-order valence-corrected chi connectivity index (χ1v) is 6.52. The Labute approximate surface area is 125 Å². The third kappa shape index (κ3) is 3.09. The first kappa shape index (κ1) is 13.7. The first-order valence-electron chi connectivity index (χ1n) is 6.52. The van der Waals surface area contributed by atoms with Crippen LogP contribution in [0.3, 0.4) is 0 Å². The van der Waals surface area contributed by atoms with E-state index in [0.717, 1.165) is 11.6 Å². The molecule has 0 saturated carbocycles. The van der Waals surface area contributed by atoms with Crippen LogP contribution in [-0.4, -0.2) is 31.5 Å². The van der Waals surface area contributed by atoms with Crippen molar-refractivity contribution in [3.8, 4) is 0 Å². The summed E-state index contributed by atoms with van der Waals surface area (Å²) in [6.07, 6.45) is 2.98. The van der Waals surface area contributed by atoms with Gasteiger partial charge in [-0.05, 0) is 16.8 Å². The lowest BCUT2D eigenvalue weighted by Crippen LogP contribution is -1.96. The van der Waals surface area contributed by atoms with Crippen molar-refractivity contribution < 1.29 is 14.3 Å². The molecule has 2 heterocycles. The van der Waals surface area contributed by atoms with Gasteiger partial charge in [-0.25, -0.2) is 0 Å². The SMILES string of the molecule is O=C(C=C(O)c1nn[nH]n1)c1coc(Cc2ccccc2)c1. The number of nitrogens with zero attached hydrogens (tertiary/aromatic N) is 3. The Balaban J connectivity index is 1.73. The highest BCUT2D eigenvalue weighted by Crippen LogP contribution is 2.15. The molecule has 0 fully saturated rings. The minimum atomic E-state index is -0.398. The predicted molar refractivity (Wildman–Crippen MR) is 77.1 cm³/mol. The van der Waals surface area contributed by atoms with Crippen molar-refractivity contribution in [2.24, 2.45) is 0 Å². The van der Waals surface area contributed by atoms with Gasteiger partial charge in [0.05, 0.1) is 5.56 Å². The van der Waals surface area contributed by atoms with E-state index in [1.165, 1.54) is 6.26 Å². The fourth-order valence-corrected chi connectivity index (χ4v) is 1.94. The van der Waals surface area contributed by atoms with Gasteiger partial charge in [-0.2, -0.15) is 5.21 Å². The van der Waals surface area contributed by atoms with Crippen molar-refractivity contribution in [3.63, 3.8) is 0 Å². The van der Waals surface area contributed by atoms with Crippen LogP contribution in [0.2, 0.25) is 0 Å². The van der Waals surface area contributed by atoms with Crippen LogP contribution in [0.1, 0.15) is 27.5 Å². The number of rotatable bonds is 5. The second kappa shape index (κ2) is 6.04. The standard InChI is InChI=1S/C15H12N4O3/c20-13(8-14(21)15-16-18-19-17-15)11-7-12(22-9-11)6-10-4-2-1-3-5-10/h1-5,7-9,21H,6H2,(H,16,17,18,19). The van der Waals surface area contributed by atoms with Crippen LogP contribution >= 0.6 is 0 Å². The molecule has 0 radical (unpaired) electrons. The minimum Gasteiger partial charge on any atom is -0.504 e. The monoisotopic (exact) mass is 296 g/mol. The maximum atomic E-state index is 12.0. The van der Waals surface area contributed by atoms with Gasteiger partial charge < -0.3 is 9.52 Å². The van der Waals surface area contributed by atoms with Crippen molar-refractivity contribution >= 4 is 11.5 Å². The summed E-state index contributed by atoms with van der Waals surface area (Å²) in [4.78, 5) is 12.0. The molecule has 0 aliphatic rings. The smallest absolute Gasteiger partial charge is 0.239 e. The number of allylic oxidation sites excluding steroid dienone is 1. The molecule has 1 aromatic carbocycles. The third-order valence-corrected chi connectivity index (χ3v) is 3.00. The van der Waals surface area contributed by atoms with Gasteiger partial charge in [-0.15, -0.1) is 10.2 Å². The maximum Gasteiger partial charge on any atom is 0.239 e. The summed E-state index contributed by atoms with van der Waals surface area (Å²) in [6.45, 7) is 0. The molecule has 7 nitrogen and oxygen atoms in total. The molecule has 110 valence electrons. The second-order valence-corrected chi connectivity index (χ2v) is 4.59. The third-order valence-electron chi connectivity index (χ3n) is 3.00. The molecule has 0 amide bonds. The lowest BCUT2D eigenvalue weighted by molar-refractivity contribution is 0.104. The molecule has 0 bridgehead atoms. The molecule has 2 aromatic heterocycles. The van der Waals surface area contributed by atoms with Crippen molar-refractivity contribution in [2.75, 3.05) is 0 Å². The topological polar surface area (TPSA) is 105 Å². The van der Waals surface area contributed by atoms with E-state index in [1.807, 2.05) is 30.3 Å². The Bertz CT molecular complexity index is 791.